The molecule has 0 spiro atoms. The number of benzene rings is 2. The van der Waals surface area contributed by atoms with Gasteiger partial charge in [0.2, 0.25) is 0 Å². The zero-order chi connectivity index (χ0) is 14.4. The van der Waals surface area contributed by atoms with Crippen molar-refractivity contribution >= 4 is 31.0 Å². The molecule has 2 aromatic carbocycles. The number of hydrogen-bond donors (Lipinski definition) is 3. The Morgan fingerprint density at radius 3 is 1.77 bits per heavy atom. The molecule has 0 atom stereocenters. The van der Waals surface area contributed by atoms with E-state index in [2.05, 4.69) is 0 Å². The van der Waals surface area contributed by atoms with Crippen LogP contribution in [0, 0.1) is 0 Å². The molecule has 0 fully saturated rings. The summed E-state index contributed by atoms with van der Waals surface area (Å²) in [6, 6.07) is 5.38. The van der Waals surface area contributed by atoms with Gasteiger partial charge in [-0.05, 0) is 35.0 Å². The molecule has 2 rings (SSSR count). The summed E-state index contributed by atoms with van der Waals surface area (Å²) in [5.74, 6) is -0.658. The van der Waals surface area contributed by atoms with Crippen LogP contribution in [0.25, 0.3) is 10.8 Å². The third-order valence-electron chi connectivity index (χ3n) is 2.47. The number of aromatic hydroxyl groups is 1. The summed E-state index contributed by atoms with van der Waals surface area (Å²) in [5.41, 5.74) is 0. The standard InChI is InChI=1S/C10H8O7S2.K.2Na/c11-9-4-6-1-2-8(18(12,13)14)3-7(6)5-10(9)19(15,16)17;;;/h1-5,11H,(H,12,13,14)(H,15,16,17);;;/q;3*+1. The van der Waals surface area contributed by atoms with Gasteiger partial charge in [-0.2, -0.15) is 16.8 Å². The van der Waals surface area contributed by atoms with Gasteiger partial charge in [0.05, 0.1) is 4.90 Å². The first kappa shape index (κ1) is 26.2. The predicted molar refractivity (Wildman–Crippen MR) is 65.2 cm³/mol. The van der Waals surface area contributed by atoms with E-state index in [1.165, 1.54) is 6.07 Å². The zero-order valence-electron chi connectivity index (χ0n) is 12.2. The van der Waals surface area contributed by atoms with Crippen molar-refractivity contribution in [2.24, 2.45) is 0 Å². The Morgan fingerprint density at radius 2 is 1.32 bits per heavy atom. The molecule has 0 aliphatic rings. The second kappa shape index (κ2) is 9.60. The Hall–Kier alpha value is 1.96. The Balaban J connectivity index is 0. The summed E-state index contributed by atoms with van der Waals surface area (Å²) in [6.45, 7) is 0. The summed E-state index contributed by atoms with van der Waals surface area (Å²) in [4.78, 5) is -1.17. The van der Waals surface area contributed by atoms with Crippen LogP contribution < -0.4 is 110 Å². The molecule has 0 unspecified atom stereocenters. The maximum Gasteiger partial charge on any atom is 1.00 e. The van der Waals surface area contributed by atoms with E-state index in [9.17, 15) is 21.9 Å². The van der Waals surface area contributed by atoms with Crippen molar-refractivity contribution in [3.63, 3.8) is 0 Å². The molecule has 102 valence electrons. The van der Waals surface area contributed by atoms with Crippen LogP contribution in [0.2, 0.25) is 0 Å². The van der Waals surface area contributed by atoms with Crippen LogP contribution in [-0.4, -0.2) is 31.0 Å². The molecule has 0 radical (unpaired) electrons. The third-order valence-corrected chi connectivity index (χ3v) is 4.20. The Labute approximate surface area is 214 Å². The van der Waals surface area contributed by atoms with Gasteiger partial charge in [-0.1, -0.05) is 6.07 Å². The third kappa shape index (κ3) is 6.35. The van der Waals surface area contributed by atoms with Crippen LogP contribution in [0.1, 0.15) is 0 Å². The summed E-state index contributed by atoms with van der Waals surface area (Å²) < 4.78 is 61.7. The van der Waals surface area contributed by atoms with E-state index < -0.39 is 35.8 Å². The normalized spacial score (nSPS) is 11.0. The molecule has 0 heterocycles. The number of fused-ring (bicyclic) bond motifs is 1. The topological polar surface area (TPSA) is 129 Å². The summed E-state index contributed by atoms with van der Waals surface area (Å²) in [5, 5.41) is 9.94. The van der Waals surface area contributed by atoms with E-state index in [1.54, 1.807) is 0 Å². The number of phenols is 1. The molecule has 0 aliphatic carbocycles. The number of hydrogen-bond acceptors (Lipinski definition) is 5. The molecule has 3 N–H and O–H groups in total. The van der Waals surface area contributed by atoms with Crippen molar-refractivity contribution in [1.82, 2.24) is 0 Å². The largest absolute Gasteiger partial charge is 1.00 e. The molecule has 0 bridgehead atoms. The Bertz CT molecular complexity index is 882. The van der Waals surface area contributed by atoms with Crippen molar-refractivity contribution < 1.29 is 142 Å². The van der Waals surface area contributed by atoms with Crippen LogP contribution in [0.5, 0.6) is 5.75 Å². The van der Waals surface area contributed by atoms with Gasteiger partial charge >= 0.3 is 110 Å². The molecule has 0 saturated heterocycles. The SMILES string of the molecule is O=S(=O)(O)c1ccc2cc(O)c(S(=O)(=O)O)cc2c1.[K+].[Na+].[Na+]. The van der Waals surface area contributed by atoms with E-state index >= 15 is 0 Å². The maximum atomic E-state index is 11.0. The van der Waals surface area contributed by atoms with E-state index in [0.29, 0.717) is 5.39 Å². The van der Waals surface area contributed by atoms with Crippen LogP contribution in [-0.2, 0) is 20.2 Å². The minimum absolute atomic E-state index is 0. The van der Waals surface area contributed by atoms with Crippen LogP contribution in [0.3, 0.4) is 0 Å². The minimum atomic E-state index is -4.64. The summed E-state index contributed by atoms with van der Waals surface area (Å²) in [7, 11) is -9.06. The summed E-state index contributed by atoms with van der Waals surface area (Å²) >= 11 is 0. The van der Waals surface area contributed by atoms with Crippen molar-refractivity contribution in [3.8, 4) is 5.75 Å². The molecule has 2 aromatic rings. The minimum Gasteiger partial charge on any atom is -0.506 e. The predicted octanol–water partition coefficient (Wildman–Crippen LogP) is -7.95. The first-order chi connectivity index (χ1) is 8.59. The van der Waals surface area contributed by atoms with E-state index in [-0.39, 0.29) is 116 Å². The van der Waals surface area contributed by atoms with Crippen LogP contribution >= 0.6 is 0 Å². The quantitative estimate of drug-likeness (QED) is 0.344. The first-order valence-electron chi connectivity index (χ1n) is 4.81. The van der Waals surface area contributed by atoms with Gasteiger partial charge in [0, 0.05) is 0 Å². The van der Waals surface area contributed by atoms with E-state index in [4.69, 9.17) is 9.11 Å². The van der Waals surface area contributed by atoms with Crippen LogP contribution in [0.15, 0.2) is 40.1 Å². The average molecular weight is 389 g/mol. The molecule has 0 amide bonds. The molecule has 7 nitrogen and oxygen atoms in total. The van der Waals surface area contributed by atoms with Crippen molar-refractivity contribution in [2.45, 2.75) is 9.79 Å². The molecule has 22 heavy (non-hydrogen) atoms. The fourth-order valence-corrected chi connectivity index (χ4v) is 2.72. The van der Waals surface area contributed by atoms with Crippen molar-refractivity contribution in [2.75, 3.05) is 0 Å². The molecular formula is C10H8KNa2O7S2+3. The van der Waals surface area contributed by atoms with Gasteiger partial charge in [0.25, 0.3) is 20.2 Å². The first-order valence-corrected chi connectivity index (χ1v) is 7.69. The van der Waals surface area contributed by atoms with Gasteiger partial charge in [-0.15, -0.1) is 0 Å². The second-order valence-electron chi connectivity index (χ2n) is 3.78. The van der Waals surface area contributed by atoms with Crippen molar-refractivity contribution in [3.05, 3.63) is 30.3 Å². The zero-order valence-corrected chi connectivity index (χ0v) is 20.9. The molecule has 0 aromatic heterocycles. The van der Waals surface area contributed by atoms with Gasteiger partial charge in [0.1, 0.15) is 10.6 Å². The van der Waals surface area contributed by atoms with Gasteiger partial charge in [-0.3, -0.25) is 9.11 Å². The number of phenolic OH excluding ortho intramolecular Hbond substituents is 1. The van der Waals surface area contributed by atoms with Gasteiger partial charge < -0.3 is 5.11 Å². The second-order valence-corrected chi connectivity index (χ2v) is 6.59. The molecule has 0 aliphatic heterocycles. The van der Waals surface area contributed by atoms with Gasteiger partial charge in [0.15, 0.2) is 0 Å². The summed E-state index contributed by atoms with van der Waals surface area (Å²) in [6.07, 6.45) is 0. The monoisotopic (exact) mass is 389 g/mol. The number of rotatable bonds is 2. The molecule has 0 saturated carbocycles. The van der Waals surface area contributed by atoms with E-state index in [0.717, 1.165) is 24.3 Å². The smallest absolute Gasteiger partial charge is 0.506 e. The fourth-order valence-electron chi connectivity index (χ4n) is 1.61. The van der Waals surface area contributed by atoms with Gasteiger partial charge in [-0.25, -0.2) is 0 Å². The molecular weight excluding hydrogens is 381 g/mol. The fraction of sp³-hybridized carbons (Fsp3) is 0. The van der Waals surface area contributed by atoms with Crippen molar-refractivity contribution in [1.29, 1.82) is 0 Å². The average Bonchev–Trinajstić information content (AvgIpc) is 2.24. The maximum absolute atomic E-state index is 11.0. The van der Waals surface area contributed by atoms with Crippen LogP contribution in [0.4, 0.5) is 0 Å². The molecule has 12 heteroatoms. The van der Waals surface area contributed by atoms with E-state index in [1.807, 2.05) is 0 Å². The Kier molecular flexibility index (Phi) is 11.4. The Morgan fingerprint density at radius 1 is 0.773 bits per heavy atom.